The van der Waals surface area contributed by atoms with Crippen LogP contribution in [0.5, 0.6) is 0 Å². The first-order valence-corrected chi connectivity index (χ1v) is 11.3. The molecule has 0 aliphatic carbocycles. The molecule has 32 heavy (non-hydrogen) atoms. The van der Waals surface area contributed by atoms with E-state index in [-0.39, 0.29) is 0 Å². The highest BCUT2D eigenvalue weighted by atomic mass is 79.9. The average molecular weight is 476 g/mol. The molecular formula is C28H18BrN3. The van der Waals surface area contributed by atoms with E-state index in [1.807, 2.05) is 36.5 Å². The minimum Gasteiger partial charge on any atom is -0.292 e. The molecule has 0 atom stereocenters. The summed E-state index contributed by atoms with van der Waals surface area (Å²) in [7, 11) is 0. The summed E-state index contributed by atoms with van der Waals surface area (Å²) in [5.74, 6) is 0.875. The average Bonchev–Trinajstić information content (AvgIpc) is 3.18. The van der Waals surface area contributed by atoms with Crippen LogP contribution in [-0.4, -0.2) is 14.5 Å². The zero-order valence-corrected chi connectivity index (χ0v) is 18.7. The van der Waals surface area contributed by atoms with Crippen LogP contribution >= 0.6 is 15.9 Å². The lowest BCUT2D eigenvalue weighted by atomic mass is 10.0. The van der Waals surface area contributed by atoms with Crippen molar-refractivity contribution in [2.45, 2.75) is 0 Å². The van der Waals surface area contributed by atoms with Crippen LogP contribution in [0, 0.1) is 0 Å². The molecule has 3 aromatic carbocycles. The molecule has 0 radical (unpaired) electrons. The van der Waals surface area contributed by atoms with Gasteiger partial charge in [0.05, 0.1) is 22.2 Å². The summed E-state index contributed by atoms with van der Waals surface area (Å²) < 4.78 is 3.24. The molecule has 6 rings (SSSR count). The maximum Gasteiger partial charge on any atom is 0.138 e. The fraction of sp³-hybridized carbons (Fsp3) is 0. The van der Waals surface area contributed by atoms with Crippen LogP contribution in [0.15, 0.2) is 114 Å². The van der Waals surface area contributed by atoms with Crippen molar-refractivity contribution in [2.24, 2.45) is 0 Å². The Balaban J connectivity index is 1.70. The summed E-state index contributed by atoms with van der Waals surface area (Å²) in [5, 5.41) is 1.10. The molecule has 152 valence electrons. The second-order valence-electron chi connectivity index (χ2n) is 7.70. The maximum atomic E-state index is 5.12. The third kappa shape index (κ3) is 3.20. The van der Waals surface area contributed by atoms with E-state index in [1.165, 1.54) is 0 Å². The lowest BCUT2D eigenvalue weighted by Crippen LogP contribution is -2.00. The monoisotopic (exact) mass is 475 g/mol. The Labute approximate surface area is 194 Å². The number of hydrogen-bond acceptors (Lipinski definition) is 2. The van der Waals surface area contributed by atoms with Crippen molar-refractivity contribution < 1.29 is 0 Å². The number of hydrogen-bond donors (Lipinski definition) is 0. The number of rotatable bonds is 3. The SMILES string of the molecule is Brc1ccc2c(c1)c1ncccc1n2-c1cc(-c2ccccc2)cc(-c2ccccc2)n1. The summed E-state index contributed by atoms with van der Waals surface area (Å²) >= 11 is 3.62. The number of nitrogens with zero attached hydrogens (tertiary/aromatic N) is 3. The minimum atomic E-state index is 0.875. The molecule has 3 heterocycles. The van der Waals surface area contributed by atoms with Crippen molar-refractivity contribution >= 4 is 37.9 Å². The molecule has 0 aliphatic rings. The van der Waals surface area contributed by atoms with Crippen molar-refractivity contribution in [1.29, 1.82) is 0 Å². The second kappa shape index (κ2) is 7.74. The van der Waals surface area contributed by atoms with E-state index in [0.717, 1.165) is 54.6 Å². The first-order chi connectivity index (χ1) is 15.8. The third-order valence-corrected chi connectivity index (χ3v) is 6.19. The molecule has 0 N–H and O–H groups in total. The van der Waals surface area contributed by atoms with Gasteiger partial charge in [-0.05, 0) is 53.6 Å². The van der Waals surface area contributed by atoms with Gasteiger partial charge < -0.3 is 0 Å². The normalized spacial score (nSPS) is 11.3. The van der Waals surface area contributed by atoms with E-state index in [1.54, 1.807) is 0 Å². The van der Waals surface area contributed by atoms with Gasteiger partial charge in [0.2, 0.25) is 0 Å². The molecule has 0 spiro atoms. The van der Waals surface area contributed by atoms with Crippen molar-refractivity contribution in [3.8, 4) is 28.2 Å². The molecule has 0 saturated heterocycles. The molecule has 0 bridgehead atoms. The number of fused-ring (bicyclic) bond motifs is 3. The maximum absolute atomic E-state index is 5.12. The summed E-state index contributed by atoms with van der Waals surface area (Å²) in [6.07, 6.45) is 1.84. The Morgan fingerprint density at radius 3 is 2.16 bits per heavy atom. The van der Waals surface area contributed by atoms with Gasteiger partial charge in [-0.3, -0.25) is 9.55 Å². The van der Waals surface area contributed by atoms with Gasteiger partial charge in [0, 0.05) is 21.6 Å². The van der Waals surface area contributed by atoms with Crippen molar-refractivity contribution in [2.75, 3.05) is 0 Å². The summed E-state index contributed by atoms with van der Waals surface area (Å²) in [6, 6.07) is 35.5. The smallest absolute Gasteiger partial charge is 0.138 e. The van der Waals surface area contributed by atoms with Gasteiger partial charge in [-0.25, -0.2) is 4.98 Å². The van der Waals surface area contributed by atoms with Gasteiger partial charge in [-0.2, -0.15) is 0 Å². The molecule has 0 aliphatic heterocycles. The first-order valence-electron chi connectivity index (χ1n) is 10.5. The number of pyridine rings is 2. The predicted molar refractivity (Wildman–Crippen MR) is 135 cm³/mol. The van der Waals surface area contributed by atoms with Crippen LogP contribution in [0.25, 0.3) is 50.1 Å². The van der Waals surface area contributed by atoms with Crippen molar-refractivity contribution in [3.05, 3.63) is 114 Å². The van der Waals surface area contributed by atoms with Gasteiger partial charge in [0.25, 0.3) is 0 Å². The van der Waals surface area contributed by atoms with Gasteiger partial charge >= 0.3 is 0 Å². The molecular weight excluding hydrogens is 458 g/mol. The van der Waals surface area contributed by atoms with E-state index < -0.39 is 0 Å². The second-order valence-corrected chi connectivity index (χ2v) is 8.62. The Hall–Kier alpha value is -3.76. The molecule has 3 nitrogen and oxygen atoms in total. The fourth-order valence-electron chi connectivity index (χ4n) is 4.24. The Bertz CT molecular complexity index is 1510. The van der Waals surface area contributed by atoms with E-state index in [9.17, 15) is 0 Å². The van der Waals surface area contributed by atoms with Crippen LogP contribution in [0.1, 0.15) is 0 Å². The minimum absolute atomic E-state index is 0.875. The highest BCUT2D eigenvalue weighted by Crippen LogP contribution is 2.34. The predicted octanol–water partition coefficient (Wildman–Crippen LogP) is 7.67. The molecule has 0 fully saturated rings. The highest BCUT2D eigenvalue weighted by molar-refractivity contribution is 9.10. The van der Waals surface area contributed by atoms with Crippen molar-refractivity contribution in [3.63, 3.8) is 0 Å². The van der Waals surface area contributed by atoms with E-state index in [0.29, 0.717) is 0 Å². The van der Waals surface area contributed by atoms with Gasteiger partial charge in [0.1, 0.15) is 5.82 Å². The van der Waals surface area contributed by atoms with E-state index in [2.05, 4.69) is 98.3 Å². The molecule has 4 heteroatoms. The van der Waals surface area contributed by atoms with Gasteiger partial charge in [-0.15, -0.1) is 0 Å². The largest absolute Gasteiger partial charge is 0.292 e. The van der Waals surface area contributed by atoms with Crippen LogP contribution in [-0.2, 0) is 0 Å². The van der Waals surface area contributed by atoms with E-state index >= 15 is 0 Å². The standard InChI is InChI=1S/C28H18BrN3/c29-22-13-14-25-23(18-22)28-26(12-7-15-30-28)32(25)27-17-21(19-8-3-1-4-9-19)16-24(31-27)20-10-5-2-6-11-20/h1-18H. The van der Waals surface area contributed by atoms with Gasteiger partial charge in [-0.1, -0.05) is 76.6 Å². The molecule has 0 amide bonds. The summed E-state index contributed by atoms with van der Waals surface area (Å²) in [6.45, 7) is 0. The fourth-order valence-corrected chi connectivity index (χ4v) is 4.60. The Morgan fingerprint density at radius 2 is 1.38 bits per heavy atom. The van der Waals surface area contributed by atoms with Crippen LogP contribution in [0.4, 0.5) is 0 Å². The van der Waals surface area contributed by atoms with Gasteiger partial charge in [0.15, 0.2) is 0 Å². The molecule has 3 aromatic heterocycles. The summed E-state index contributed by atoms with van der Waals surface area (Å²) in [4.78, 5) is 9.81. The Morgan fingerprint density at radius 1 is 0.625 bits per heavy atom. The van der Waals surface area contributed by atoms with E-state index in [4.69, 9.17) is 4.98 Å². The lowest BCUT2D eigenvalue weighted by Gasteiger charge is -2.12. The molecule has 0 unspecified atom stereocenters. The zero-order valence-electron chi connectivity index (χ0n) is 17.1. The lowest BCUT2D eigenvalue weighted by molar-refractivity contribution is 1.08. The summed E-state index contributed by atoms with van der Waals surface area (Å²) in [5.41, 5.74) is 7.42. The molecule has 6 aromatic rings. The highest BCUT2D eigenvalue weighted by Gasteiger charge is 2.16. The first kappa shape index (κ1) is 19.0. The third-order valence-electron chi connectivity index (χ3n) is 5.70. The number of halogens is 1. The molecule has 0 saturated carbocycles. The number of aromatic nitrogens is 3. The van der Waals surface area contributed by atoms with Crippen LogP contribution in [0.3, 0.4) is 0 Å². The number of benzene rings is 3. The topological polar surface area (TPSA) is 30.7 Å². The zero-order chi connectivity index (χ0) is 21.5. The van der Waals surface area contributed by atoms with Crippen LogP contribution in [0.2, 0.25) is 0 Å². The quantitative estimate of drug-likeness (QED) is 0.262. The van der Waals surface area contributed by atoms with Crippen LogP contribution < -0.4 is 0 Å². The van der Waals surface area contributed by atoms with Crippen molar-refractivity contribution in [1.82, 2.24) is 14.5 Å². The Kier molecular flexibility index (Phi) is 4.58.